The molecule has 1 N–H and O–H groups in total. The van der Waals surface area contributed by atoms with Crippen LogP contribution >= 0.6 is 23.1 Å². The van der Waals surface area contributed by atoms with Crippen LogP contribution in [-0.2, 0) is 6.54 Å². The van der Waals surface area contributed by atoms with Crippen LogP contribution in [0.5, 0.6) is 0 Å². The molecule has 4 heterocycles. The summed E-state index contributed by atoms with van der Waals surface area (Å²) in [4.78, 5) is 25.0. The van der Waals surface area contributed by atoms with Gasteiger partial charge in [-0.1, -0.05) is 36.4 Å². The molecule has 4 aromatic rings. The fourth-order valence-corrected chi connectivity index (χ4v) is 6.29. The highest BCUT2D eigenvalue weighted by atomic mass is 32.2. The van der Waals surface area contributed by atoms with E-state index in [9.17, 15) is 4.79 Å². The number of thiophene rings is 1. The van der Waals surface area contributed by atoms with Crippen LogP contribution < -0.4 is 5.56 Å². The van der Waals surface area contributed by atoms with Crippen LogP contribution in [0.3, 0.4) is 0 Å². The van der Waals surface area contributed by atoms with E-state index in [0.29, 0.717) is 11.2 Å². The molecule has 1 saturated heterocycles. The van der Waals surface area contributed by atoms with E-state index in [1.807, 2.05) is 32.0 Å². The van der Waals surface area contributed by atoms with Gasteiger partial charge in [0.15, 0.2) is 11.0 Å². The largest absolute Gasteiger partial charge is 0.309 e. The van der Waals surface area contributed by atoms with Crippen LogP contribution in [0.15, 0.2) is 40.3 Å². The van der Waals surface area contributed by atoms with E-state index in [4.69, 9.17) is 4.98 Å². The Labute approximate surface area is 201 Å². The molecular weight excluding hydrogens is 452 g/mol. The number of benzene rings is 1. The molecule has 7 nitrogen and oxygen atoms in total. The van der Waals surface area contributed by atoms with Gasteiger partial charge in [-0.25, -0.2) is 4.98 Å². The number of aryl methyl sites for hydroxylation is 2. The molecule has 0 aliphatic carbocycles. The number of rotatable bonds is 6. The average molecular weight is 481 g/mol. The Bertz CT molecular complexity index is 1320. The third-order valence-electron chi connectivity index (χ3n) is 6.25. The molecule has 172 valence electrons. The Hall–Kier alpha value is -2.49. The fourth-order valence-electron chi connectivity index (χ4n) is 4.31. The van der Waals surface area contributed by atoms with Crippen LogP contribution in [0.25, 0.3) is 15.9 Å². The Morgan fingerprint density at radius 2 is 1.88 bits per heavy atom. The van der Waals surface area contributed by atoms with E-state index in [-0.39, 0.29) is 10.8 Å². The highest BCUT2D eigenvalue weighted by Gasteiger charge is 2.22. The van der Waals surface area contributed by atoms with Gasteiger partial charge in [0.05, 0.1) is 17.2 Å². The zero-order chi connectivity index (χ0) is 22.9. The molecule has 1 unspecified atom stereocenters. The second-order valence-electron chi connectivity index (χ2n) is 8.58. The average Bonchev–Trinajstić information content (AvgIpc) is 3.34. The van der Waals surface area contributed by atoms with Gasteiger partial charge in [0.2, 0.25) is 0 Å². The number of hydrogen-bond donors (Lipinski definition) is 1. The van der Waals surface area contributed by atoms with Crippen molar-refractivity contribution in [2.75, 3.05) is 13.1 Å². The molecule has 0 radical (unpaired) electrons. The molecule has 9 heteroatoms. The summed E-state index contributed by atoms with van der Waals surface area (Å²) in [6, 6.07) is 10.3. The summed E-state index contributed by atoms with van der Waals surface area (Å²) in [5, 5.41) is 10.6. The predicted octanol–water partition coefficient (Wildman–Crippen LogP) is 5.02. The van der Waals surface area contributed by atoms with Gasteiger partial charge in [0, 0.05) is 10.6 Å². The van der Waals surface area contributed by atoms with E-state index in [1.165, 1.54) is 19.3 Å². The van der Waals surface area contributed by atoms with Crippen molar-refractivity contribution in [3.63, 3.8) is 0 Å². The lowest BCUT2D eigenvalue weighted by atomic mass is 10.1. The molecule has 1 aliphatic rings. The Balaban J connectivity index is 1.47. The van der Waals surface area contributed by atoms with Gasteiger partial charge in [0.1, 0.15) is 10.7 Å². The van der Waals surface area contributed by atoms with Crippen molar-refractivity contribution in [1.82, 2.24) is 29.6 Å². The number of piperidine rings is 1. The molecule has 0 bridgehead atoms. The lowest BCUT2D eigenvalue weighted by Crippen LogP contribution is -2.30. The van der Waals surface area contributed by atoms with E-state index in [1.54, 1.807) is 23.1 Å². The zero-order valence-corrected chi connectivity index (χ0v) is 20.8. The summed E-state index contributed by atoms with van der Waals surface area (Å²) >= 11 is 3.15. The number of aromatic amines is 1. The SMILES string of the molecule is Cc1sc2nc(C(C)Sc3nnc(CN4CCCCC4)n3-c3ccccc3)[nH]c(=O)c2c1C. The van der Waals surface area contributed by atoms with E-state index in [2.05, 4.69) is 43.7 Å². The van der Waals surface area contributed by atoms with Crippen molar-refractivity contribution >= 4 is 33.3 Å². The quantitative estimate of drug-likeness (QED) is 0.390. The van der Waals surface area contributed by atoms with Gasteiger partial charge in [-0.05, 0) is 64.4 Å². The second-order valence-corrected chi connectivity index (χ2v) is 11.1. The maximum atomic E-state index is 12.8. The van der Waals surface area contributed by atoms with Gasteiger partial charge in [-0.2, -0.15) is 0 Å². The first-order valence-corrected chi connectivity index (χ1v) is 13.1. The van der Waals surface area contributed by atoms with Gasteiger partial charge in [-0.15, -0.1) is 21.5 Å². The highest BCUT2D eigenvalue weighted by Crippen LogP contribution is 2.35. The molecule has 0 spiro atoms. The second kappa shape index (κ2) is 9.40. The molecule has 1 aromatic carbocycles. The molecule has 1 atom stereocenters. The smallest absolute Gasteiger partial charge is 0.259 e. The van der Waals surface area contributed by atoms with Gasteiger partial charge >= 0.3 is 0 Å². The molecule has 33 heavy (non-hydrogen) atoms. The van der Waals surface area contributed by atoms with Gasteiger partial charge in [-0.3, -0.25) is 14.3 Å². The maximum absolute atomic E-state index is 12.8. The van der Waals surface area contributed by atoms with E-state index < -0.39 is 0 Å². The monoisotopic (exact) mass is 480 g/mol. The number of hydrogen-bond acceptors (Lipinski definition) is 7. The molecule has 3 aromatic heterocycles. The number of likely N-dealkylation sites (tertiary alicyclic amines) is 1. The van der Waals surface area contributed by atoms with Crippen molar-refractivity contribution in [2.24, 2.45) is 0 Å². The van der Waals surface area contributed by atoms with Gasteiger partial charge in [0.25, 0.3) is 5.56 Å². The molecule has 0 amide bonds. The lowest BCUT2D eigenvalue weighted by Gasteiger charge is -2.26. The predicted molar refractivity (Wildman–Crippen MR) is 134 cm³/mol. The standard InChI is InChI=1S/C24H28N6OS2/c1-15-16(2)32-23-20(15)22(31)25-21(26-23)17(3)33-24-28-27-19(14-29-12-8-5-9-13-29)30(24)18-10-6-4-7-11-18/h4,6-7,10-11,17H,5,8-9,12-14H2,1-3H3,(H,25,26,31). The Morgan fingerprint density at radius 3 is 2.64 bits per heavy atom. The van der Waals surface area contributed by atoms with Gasteiger partial charge < -0.3 is 4.98 Å². The number of thioether (sulfide) groups is 1. The van der Waals surface area contributed by atoms with Crippen LogP contribution in [0.2, 0.25) is 0 Å². The zero-order valence-electron chi connectivity index (χ0n) is 19.2. The Morgan fingerprint density at radius 1 is 1.12 bits per heavy atom. The number of aromatic nitrogens is 5. The fraction of sp³-hybridized carbons (Fsp3) is 0.417. The minimum atomic E-state index is -0.0840. The minimum Gasteiger partial charge on any atom is -0.309 e. The Kier molecular flexibility index (Phi) is 6.36. The first kappa shape index (κ1) is 22.3. The molecule has 1 fully saturated rings. The summed E-state index contributed by atoms with van der Waals surface area (Å²) in [5.74, 6) is 1.61. The topological polar surface area (TPSA) is 79.7 Å². The molecule has 1 aliphatic heterocycles. The van der Waals surface area contributed by atoms with Crippen molar-refractivity contribution in [2.45, 2.75) is 57.0 Å². The first-order chi connectivity index (χ1) is 16.0. The van der Waals surface area contributed by atoms with Crippen molar-refractivity contribution < 1.29 is 0 Å². The third kappa shape index (κ3) is 4.49. The number of H-pyrrole nitrogens is 1. The van der Waals surface area contributed by atoms with Crippen LogP contribution in [0.1, 0.15) is 53.5 Å². The summed E-state index contributed by atoms with van der Waals surface area (Å²) in [6.45, 7) is 9.05. The van der Waals surface area contributed by atoms with Crippen molar-refractivity contribution in [3.8, 4) is 5.69 Å². The molecule has 5 rings (SSSR count). The summed E-state index contributed by atoms with van der Waals surface area (Å²) in [7, 11) is 0. The highest BCUT2D eigenvalue weighted by molar-refractivity contribution is 7.99. The number of para-hydroxylation sites is 1. The van der Waals surface area contributed by atoms with E-state index in [0.717, 1.165) is 51.6 Å². The van der Waals surface area contributed by atoms with Crippen LogP contribution in [-0.4, -0.2) is 42.7 Å². The lowest BCUT2D eigenvalue weighted by molar-refractivity contribution is 0.214. The normalized spacial score (nSPS) is 15.8. The number of fused-ring (bicyclic) bond motifs is 1. The third-order valence-corrected chi connectivity index (χ3v) is 8.41. The van der Waals surface area contributed by atoms with Crippen LogP contribution in [0.4, 0.5) is 0 Å². The van der Waals surface area contributed by atoms with Crippen molar-refractivity contribution in [1.29, 1.82) is 0 Å². The number of nitrogens with one attached hydrogen (secondary N) is 1. The molecule has 0 saturated carbocycles. The summed E-state index contributed by atoms with van der Waals surface area (Å²) < 4.78 is 2.14. The summed E-state index contributed by atoms with van der Waals surface area (Å²) in [6.07, 6.45) is 3.78. The number of nitrogens with zero attached hydrogens (tertiary/aromatic N) is 5. The van der Waals surface area contributed by atoms with Crippen LogP contribution in [0, 0.1) is 13.8 Å². The molecular formula is C24H28N6OS2. The van der Waals surface area contributed by atoms with E-state index >= 15 is 0 Å². The first-order valence-electron chi connectivity index (χ1n) is 11.4. The summed E-state index contributed by atoms with van der Waals surface area (Å²) in [5.41, 5.74) is 1.99. The minimum absolute atomic E-state index is 0.0698. The maximum Gasteiger partial charge on any atom is 0.259 e. The van der Waals surface area contributed by atoms with Crippen molar-refractivity contribution in [3.05, 3.63) is 62.8 Å².